The molecule has 3 rings (SSSR count). The van der Waals surface area contributed by atoms with Gasteiger partial charge < -0.3 is 14.4 Å². The lowest BCUT2D eigenvalue weighted by Gasteiger charge is -1.95. The number of hydrogen-bond acceptors (Lipinski definition) is 5. The van der Waals surface area contributed by atoms with Crippen LogP contribution >= 0.6 is 0 Å². The fraction of sp³-hybridized carbons (Fsp3) is 0.545. The minimum atomic E-state index is 0.513. The summed E-state index contributed by atoms with van der Waals surface area (Å²) in [5.41, 5.74) is 1.01. The standard InChI is InChI=1S/C11H15N5O/c1-12-4-9-5-16(7-13-9)6-10-14-11(17-15-10)8-2-3-8/h5,7-8,12H,2-4,6H2,1H3. The van der Waals surface area contributed by atoms with Gasteiger partial charge in [0.1, 0.15) is 0 Å². The van der Waals surface area contributed by atoms with Crippen LogP contribution in [0.25, 0.3) is 0 Å². The summed E-state index contributed by atoms with van der Waals surface area (Å²) in [7, 11) is 1.90. The molecular weight excluding hydrogens is 218 g/mol. The van der Waals surface area contributed by atoms with Gasteiger partial charge in [-0.3, -0.25) is 0 Å². The topological polar surface area (TPSA) is 68.8 Å². The van der Waals surface area contributed by atoms with E-state index < -0.39 is 0 Å². The second-order valence-corrected chi connectivity index (χ2v) is 4.39. The molecule has 1 aliphatic carbocycles. The highest BCUT2D eigenvalue weighted by molar-refractivity contribution is 5.03. The number of rotatable bonds is 5. The lowest BCUT2D eigenvalue weighted by Crippen LogP contribution is -2.05. The Labute approximate surface area is 99.0 Å². The molecule has 90 valence electrons. The second-order valence-electron chi connectivity index (χ2n) is 4.39. The summed E-state index contributed by atoms with van der Waals surface area (Å²) in [5.74, 6) is 2.02. The quantitative estimate of drug-likeness (QED) is 0.831. The summed E-state index contributed by atoms with van der Waals surface area (Å²) in [5, 5.41) is 7.04. The molecule has 2 aromatic rings. The third-order valence-electron chi connectivity index (χ3n) is 2.78. The van der Waals surface area contributed by atoms with Crippen LogP contribution in [0.15, 0.2) is 17.0 Å². The third kappa shape index (κ3) is 2.36. The van der Waals surface area contributed by atoms with Gasteiger partial charge in [-0.05, 0) is 19.9 Å². The lowest BCUT2D eigenvalue weighted by molar-refractivity contribution is 0.373. The Morgan fingerprint density at radius 2 is 2.41 bits per heavy atom. The minimum Gasteiger partial charge on any atom is -0.339 e. The van der Waals surface area contributed by atoms with Gasteiger partial charge in [0.05, 0.1) is 18.6 Å². The van der Waals surface area contributed by atoms with Crippen molar-refractivity contribution in [2.45, 2.75) is 31.8 Å². The van der Waals surface area contributed by atoms with E-state index in [2.05, 4.69) is 20.4 Å². The van der Waals surface area contributed by atoms with Crippen molar-refractivity contribution < 1.29 is 4.52 Å². The minimum absolute atomic E-state index is 0.513. The Morgan fingerprint density at radius 3 is 3.18 bits per heavy atom. The van der Waals surface area contributed by atoms with Crippen LogP contribution in [-0.2, 0) is 13.1 Å². The normalized spacial score (nSPS) is 15.4. The largest absolute Gasteiger partial charge is 0.339 e. The maximum Gasteiger partial charge on any atom is 0.229 e. The third-order valence-corrected chi connectivity index (χ3v) is 2.78. The average Bonchev–Trinajstić information content (AvgIpc) is 2.92. The van der Waals surface area contributed by atoms with Crippen LogP contribution < -0.4 is 5.32 Å². The van der Waals surface area contributed by atoms with Crippen LogP contribution in [0.4, 0.5) is 0 Å². The lowest BCUT2D eigenvalue weighted by atomic mass is 10.4. The van der Waals surface area contributed by atoms with Crippen molar-refractivity contribution >= 4 is 0 Å². The molecule has 0 atom stereocenters. The van der Waals surface area contributed by atoms with E-state index in [0.29, 0.717) is 12.5 Å². The Bertz CT molecular complexity index is 499. The number of aromatic nitrogens is 4. The summed E-state index contributed by atoms with van der Waals surface area (Å²) in [6, 6.07) is 0. The number of hydrogen-bond donors (Lipinski definition) is 1. The van der Waals surface area contributed by atoms with Crippen molar-refractivity contribution in [1.29, 1.82) is 0 Å². The fourth-order valence-electron chi connectivity index (χ4n) is 1.76. The Morgan fingerprint density at radius 1 is 1.53 bits per heavy atom. The highest BCUT2D eigenvalue weighted by atomic mass is 16.5. The molecule has 1 aliphatic rings. The van der Waals surface area contributed by atoms with Crippen molar-refractivity contribution in [2.24, 2.45) is 0 Å². The number of nitrogens with one attached hydrogen (secondary N) is 1. The van der Waals surface area contributed by atoms with Crippen molar-refractivity contribution in [1.82, 2.24) is 25.0 Å². The van der Waals surface area contributed by atoms with Gasteiger partial charge in [-0.25, -0.2) is 4.98 Å². The number of imidazole rings is 1. The van der Waals surface area contributed by atoms with Crippen LogP contribution in [-0.4, -0.2) is 26.7 Å². The monoisotopic (exact) mass is 233 g/mol. The van der Waals surface area contributed by atoms with Gasteiger partial charge in [0.2, 0.25) is 5.89 Å². The molecule has 0 spiro atoms. The summed E-state index contributed by atoms with van der Waals surface area (Å²) >= 11 is 0. The molecule has 2 heterocycles. The molecule has 2 aromatic heterocycles. The highest BCUT2D eigenvalue weighted by Crippen LogP contribution is 2.38. The predicted octanol–water partition coefficient (Wildman–Crippen LogP) is 0.911. The van der Waals surface area contributed by atoms with E-state index in [1.807, 2.05) is 17.8 Å². The highest BCUT2D eigenvalue weighted by Gasteiger charge is 2.29. The summed E-state index contributed by atoms with van der Waals surface area (Å²) < 4.78 is 7.17. The fourth-order valence-corrected chi connectivity index (χ4v) is 1.76. The first-order chi connectivity index (χ1) is 8.35. The van der Waals surface area contributed by atoms with E-state index in [-0.39, 0.29) is 0 Å². The van der Waals surface area contributed by atoms with Crippen LogP contribution in [0.1, 0.15) is 36.2 Å². The molecule has 0 bridgehead atoms. The Kier molecular flexibility index (Phi) is 2.64. The molecule has 0 radical (unpaired) electrons. The molecule has 1 fully saturated rings. The second kappa shape index (κ2) is 4.29. The smallest absolute Gasteiger partial charge is 0.229 e. The zero-order chi connectivity index (χ0) is 11.7. The first-order valence-corrected chi connectivity index (χ1v) is 5.83. The molecule has 0 aliphatic heterocycles. The van der Waals surface area contributed by atoms with E-state index >= 15 is 0 Å². The molecule has 0 saturated heterocycles. The molecule has 0 unspecified atom stereocenters. The van der Waals surface area contributed by atoms with Gasteiger partial charge in [0.15, 0.2) is 5.82 Å². The van der Waals surface area contributed by atoms with Crippen LogP contribution in [0.2, 0.25) is 0 Å². The predicted molar refractivity (Wildman–Crippen MR) is 60.4 cm³/mol. The van der Waals surface area contributed by atoms with Crippen molar-refractivity contribution in [3.63, 3.8) is 0 Å². The SMILES string of the molecule is CNCc1cn(Cc2noc(C3CC3)n2)cn1. The molecule has 0 amide bonds. The first-order valence-electron chi connectivity index (χ1n) is 5.83. The molecule has 6 heteroatoms. The van der Waals surface area contributed by atoms with Gasteiger partial charge in [-0.15, -0.1) is 0 Å². The van der Waals surface area contributed by atoms with Crippen LogP contribution in [0, 0.1) is 0 Å². The van der Waals surface area contributed by atoms with Crippen molar-refractivity contribution in [2.75, 3.05) is 7.05 Å². The van der Waals surface area contributed by atoms with Gasteiger partial charge in [-0.2, -0.15) is 4.98 Å². The first kappa shape index (κ1) is 10.5. The molecule has 17 heavy (non-hydrogen) atoms. The Balaban J connectivity index is 1.67. The van der Waals surface area contributed by atoms with Gasteiger partial charge >= 0.3 is 0 Å². The van der Waals surface area contributed by atoms with Gasteiger partial charge in [0, 0.05) is 18.7 Å². The molecule has 1 saturated carbocycles. The molecule has 1 N–H and O–H groups in total. The van der Waals surface area contributed by atoms with Crippen molar-refractivity contribution in [3.8, 4) is 0 Å². The van der Waals surface area contributed by atoms with E-state index in [0.717, 1.165) is 24.0 Å². The van der Waals surface area contributed by atoms with E-state index in [9.17, 15) is 0 Å². The summed E-state index contributed by atoms with van der Waals surface area (Å²) in [6.45, 7) is 1.39. The molecule has 0 aromatic carbocycles. The van der Waals surface area contributed by atoms with Crippen molar-refractivity contribution in [3.05, 3.63) is 29.9 Å². The zero-order valence-electron chi connectivity index (χ0n) is 9.76. The number of nitrogens with zero attached hydrogens (tertiary/aromatic N) is 4. The Hall–Kier alpha value is -1.69. The molecular formula is C11H15N5O. The summed E-state index contributed by atoms with van der Waals surface area (Å²) in [6.07, 6.45) is 6.14. The summed E-state index contributed by atoms with van der Waals surface area (Å²) in [4.78, 5) is 8.65. The maximum atomic E-state index is 5.21. The van der Waals surface area contributed by atoms with Crippen LogP contribution in [0.3, 0.4) is 0 Å². The van der Waals surface area contributed by atoms with Crippen LogP contribution in [0.5, 0.6) is 0 Å². The average molecular weight is 233 g/mol. The van der Waals surface area contributed by atoms with E-state index in [4.69, 9.17) is 4.52 Å². The van der Waals surface area contributed by atoms with E-state index in [1.54, 1.807) is 6.33 Å². The van der Waals surface area contributed by atoms with E-state index in [1.165, 1.54) is 12.8 Å². The van der Waals surface area contributed by atoms with Gasteiger partial charge in [0.25, 0.3) is 0 Å². The maximum absolute atomic E-state index is 5.21. The zero-order valence-corrected chi connectivity index (χ0v) is 9.76. The molecule has 6 nitrogen and oxygen atoms in total. The van der Waals surface area contributed by atoms with Gasteiger partial charge in [-0.1, -0.05) is 5.16 Å².